The van der Waals surface area contributed by atoms with Crippen LogP contribution in [-0.4, -0.2) is 49.2 Å². The van der Waals surface area contributed by atoms with Gasteiger partial charge < -0.3 is 9.47 Å². The third-order valence-electron chi connectivity index (χ3n) is 5.04. The lowest BCUT2D eigenvalue weighted by atomic mass is 9.87. The lowest BCUT2D eigenvalue weighted by Crippen LogP contribution is -2.53. The Bertz CT molecular complexity index is 620. The molecule has 0 amide bonds. The number of ether oxygens (including phenoxy) is 2. The van der Waals surface area contributed by atoms with Crippen molar-refractivity contribution in [3.05, 3.63) is 33.4 Å². The Labute approximate surface area is 149 Å². The summed E-state index contributed by atoms with van der Waals surface area (Å²) in [7, 11) is 3.43. The van der Waals surface area contributed by atoms with Gasteiger partial charge in [0, 0.05) is 22.1 Å². The minimum atomic E-state index is -0.417. The smallest absolute Gasteiger partial charge is 0.339 e. The second kappa shape index (κ2) is 6.76. The molecule has 1 aromatic rings. The van der Waals surface area contributed by atoms with E-state index in [1.165, 1.54) is 7.11 Å². The predicted octanol–water partition coefficient (Wildman–Crippen LogP) is 2.47. The fourth-order valence-corrected chi connectivity index (χ4v) is 4.42. The van der Waals surface area contributed by atoms with Crippen molar-refractivity contribution in [1.82, 2.24) is 4.90 Å². The van der Waals surface area contributed by atoms with Crippen molar-refractivity contribution < 1.29 is 19.1 Å². The van der Waals surface area contributed by atoms with Crippen molar-refractivity contribution in [2.75, 3.05) is 14.2 Å². The average molecular weight is 429 g/mol. The molecule has 0 unspecified atom stereocenters. The van der Waals surface area contributed by atoms with Crippen LogP contribution in [0.25, 0.3) is 0 Å². The van der Waals surface area contributed by atoms with E-state index in [0.29, 0.717) is 18.0 Å². The maximum Gasteiger partial charge on any atom is 0.339 e. The largest absolute Gasteiger partial charge is 0.469 e. The van der Waals surface area contributed by atoms with Crippen LogP contribution in [0.4, 0.5) is 0 Å². The van der Waals surface area contributed by atoms with E-state index in [1.807, 2.05) is 25.2 Å². The molecule has 1 aromatic carbocycles. The van der Waals surface area contributed by atoms with Gasteiger partial charge in [-0.25, -0.2) is 4.79 Å². The van der Waals surface area contributed by atoms with Crippen LogP contribution in [-0.2, 0) is 14.3 Å². The highest BCUT2D eigenvalue weighted by molar-refractivity contribution is 14.1. The summed E-state index contributed by atoms with van der Waals surface area (Å²) in [4.78, 5) is 27.0. The van der Waals surface area contributed by atoms with E-state index in [-0.39, 0.29) is 18.0 Å². The van der Waals surface area contributed by atoms with Gasteiger partial charge in [0.1, 0.15) is 12.0 Å². The number of piperidine rings is 1. The number of hydrogen-bond donors (Lipinski definition) is 0. The fraction of sp³-hybridized carbons (Fsp3) is 0.529. The van der Waals surface area contributed by atoms with Crippen molar-refractivity contribution >= 4 is 34.5 Å². The van der Waals surface area contributed by atoms with Crippen molar-refractivity contribution in [2.45, 2.75) is 37.5 Å². The van der Waals surface area contributed by atoms with Gasteiger partial charge in [0.25, 0.3) is 0 Å². The van der Waals surface area contributed by atoms with Gasteiger partial charge in [0.15, 0.2) is 0 Å². The van der Waals surface area contributed by atoms with Crippen LogP contribution in [0.2, 0.25) is 0 Å². The third-order valence-corrected chi connectivity index (χ3v) is 5.98. The Balaban J connectivity index is 1.81. The molecule has 2 fully saturated rings. The number of esters is 2. The van der Waals surface area contributed by atoms with Crippen molar-refractivity contribution in [3.8, 4) is 0 Å². The summed E-state index contributed by atoms with van der Waals surface area (Å²) in [6.07, 6.45) is 2.24. The van der Waals surface area contributed by atoms with Crippen molar-refractivity contribution in [3.63, 3.8) is 0 Å². The van der Waals surface area contributed by atoms with E-state index < -0.39 is 12.0 Å². The summed E-state index contributed by atoms with van der Waals surface area (Å²) in [5.74, 6) is -1.06. The minimum absolute atomic E-state index is 0.0915. The average Bonchev–Trinajstić information content (AvgIpc) is 2.78. The number of nitrogens with zero attached hydrogens (tertiary/aromatic N) is 1. The highest BCUT2D eigenvalue weighted by atomic mass is 127. The second-order valence-electron chi connectivity index (χ2n) is 6.17. The van der Waals surface area contributed by atoms with Crippen LogP contribution in [0.15, 0.2) is 24.3 Å². The molecule has 3 rings (SSSR count). The molecular formula is C17H20INO4. The molecule has 0 radical (unpaired) electrons. The minimum Gasteiger partial charge on any atom is -0.469 e. The first-order valence-electron chi connectivity index (χ1n) is 7.78. The first-order chi connectivity index (χ1) is 11.0. The maximum absolute atomic E-state index is 12.5. The standard InChI is InChI=1S/C17H20INO4/c1-19-10-7-8-13(19)15(17(21)22-2)14(9-10)23-16(20)11-5-3-4-6-12(11)18/h3-6,10,13-15H,7-9H2,1-2H3/t10-,13+,14-,15+/m0/s1. The summed E-state index contributed by atoms with van der Waals surface area (Å²) in [6.45, 7) is 0. The molecule has 4 atom stereocenters. The normalized spacial score (nSPS) is 30.0. The number of fused-ring (bicyclic) bond motifs is 2. The molecule has 124 valence electrons. The molecule has 2 aliphatic rings. The number of carbonyl (C=O) groups excluding carboxylic acids is 2. The van der Waals surface area contributed by atoms with Gasteiger partial charge in [-0.05, 0) is 54.6 Å². The Kier molecular flexibility index (Phi) is 4.91. The number of halogens is 1. The van der Waals surface area contributed by atoms with Crippen molar-refractivity contribution in [1.29, 1.82) is 0 Å². The van der Waals surface area contributed by atoms with E-state index in [9.17, 15) is 9.59 Å². The molecule has 2 heterocycles. The highest BCUT2D eigenvalue weighted by Gasteiger charge is 2.51. The molecular weight excluding hydrogens is 409 g/mol. The second-order valence-corrected chi connectivity index (χ2v) is 7.33. The molecule has 2 aliphatic heterocycles. The molecule has 0 spiro atoms. The van der Waals surface area contributed by atoms with Gasteiger partial charge in [-0.1, -0.05) is 12.1 Å². The van der Waals surface area contributed by atoms with Gasteiger partial charge in [-0.15, -0.1) is 0 Å². The topological polar surface area (TPSA) is 55.8 Å². The lowest BCUT2D eigenvalue weighted by molar-refractivity contribution is -0.156. The quantitative estimate of drug-likeness (QED) is 0.546. The zero-order valence-corrected chi connectivity index (χ0v) is 15.4. The van der Waals surface area contributed by atoms with Crippen LogP contribution in [0, 0.1) is 9.49 Å². The van der Waals surface area contributed by atoms with Crippen LogP contribution in [0.3, 0.4) is 0 Å². The molecule has 2 saturated heterocycles. The molecule has 0 N–H and O–H groups in total. The predicted molar refractivity (Wildman–Crippen MR) is 93.1 cm³/mol. The molecule has 0 saturated carbocycles. The van der Waals surface area contributed by atoms with Gasteiger partial charge >= 0.3 is 11.9 Å². The lowest BCUT2D eigenvalue weighted by Gasteiger charge is -2.40. The van der Waals surface area contributed by atoms with Gasteiger partial charge in [-0.2, -0.15) is 0 Å². The molecule has 23 heavy (non-hydrogen) atoms. The Hall–Kier alpha value is -1.15. The molecule has 5 nitrogen and oxygen atoms in total. The van der Waals surface area contributed by atoms with Crippen LogP contribution < -0.4 is 0 Å². The van der Waals surface area contributed by atoms with E-state index in [0.717, 1.165) is 16.4 Å². The van der Waals surface area contributed by atoms with Gasteiger partial charge in [0.05, 0.1) is 12.7 Å². The van der Waals surface area contributed by atoms with Crippen molar-refractivity contribution in [2.24, 2.45) is 5.92 Å². The zero-order chi connectivity index (χ0) is 16.6. The van der Waals surface area contributed by atoms with E-state index in [2.05, 4.69) is 27.5 Å². The Morgan fingerprint density at radius 3 is 2.70 bits per heavy atom. The van der Waals surface area contributed by atoms with E-state index in [1.54, 1.807) is 6.07 Å². The molecule has 0 aromatic heterocycles. The number of rotatable bonds is 3. The Morgan fingerprint density at radius 1 is 1.26 bits per heavy atom. The number of carbonyl (C=O) groups is 2. The fourth-order valence-electron chi connectivity index (χ4n) is 3.81. The first kappa shape index (κ1) is 16.7. The van der Waals surface area contributed by atoms with E-state index >= 15 is 0 Å². The number of hydrogen-bond acceptors (Lipinski definition) is 5. The monoisotopic (exact) mass is 429 g/mol. The summed E-state index contributed by atoms with van der Waals surface area (Å²) >= 11 is 2.12. The number of benzene rings is 1. The van der Waals surface area contributed by atoms with E-state index in [4.69, 9.17) is 9.47 Å². The highest BCUT2D eigenvalue weighted by Crippen LogP contribution is 2.40. The van der Waals surface area contributed by atoms with Crippen LogP contribution in [0.5, 0.6) is 0 Å². The summed E-state index contributed by atoms with van der Waals surface area (Å²) in [5, 5.41) is 0. The molecule has 0 aliphatic carbocycles. The molecule has 6 heteroatoms. The van der Waals surface area contributed by atoms with Crippen LogP contribution in [0.1, 0.15) is 29.6 Å². The molecule has 2 bridgehead atoms. The first-order valence-corrected chi connectivity index (χ1v) is 8.86. The zero-order valence-electron chi connectivity index (χ0n) is 13.2. The van der Waals surface area contributed by atoms with Crippen LogP contribution >= 0.6 is 22.6 Å². The maximum atomic E-state index is 12.5. The summed E-state index contributed by atoms with van der Waals surface area (Å²) < 4.78 is 11.6. The third kappa shape index (κ3) is 3.10. The summed E-state index contributed by atoms with van der Waals surface area (Å²) in [5.41, 5.74) is 0.544. The van der Waals surface area contributed by atoms with Gasteiger partial charge in [0.2, 0.25) is 0 Å². The number of methoxy groups -OCH3 is 1. The summed E-state index contributed by atoms with van der Waals surface area (Å²) in [6, 6.07) is 7.77. The SMILES string of the molecule is COC(=O)[C@H]1[C@@H](OC(=O)c2ccccc2I)C[C@@H]2CC[C@H]1N2C. The Morgan fingerprint density at radius 2 is 2.00 bits per heavy atom. The van der Waals surface area contributed by atoms with Gasteiger partial charge in [-0.3, -0.25) is 9.69 Å².